The van der Waals surface area contributed by atoms with Crippen LogP contribution < -0.4 is 0 Å². The van der Waals surface area contributed by atoms with Gasteiger partial charge in [0.2, 0.25) is 0 Å². The van der Waals surface area contributed by atoms with Gasteiger partial charge in [0.05, 0.1) is 18.8 Å². The van der Waals surface area contributed by atoms with Gasteiger partial charge in [-0.05, 0) is 46.0 Å². The smallest absolute Gasteiger partial charge is 0.174 e. The summed E-state index contributed by atoms with van der Waals surface area (Å²) in [4.78, 5) is 0. The van der Waals surface area contributed by atoms with Gasteiger partial charge in [0.1, 0.15) is 0 Å². The molecule has 138 valence electrons. The van der Waals surface area contributed by atoms with E-state index >= 15 is 0 Å². The van der Waals surface area contributed by atoms with Crippen molar-refractivity contribution in [2.45, 2.75) is 90.0 Å². The summed E-state index contributed by atoms with van der Waals surface area (Å²) in [6, 6.07) is 0. The topological polar surface area (TPSA) is 41.9 Å². The Balaban J connectivity index is 1.88. The maximum Gasteiger partial charge on any atom is 0.174 e. The molecule has 0 aromatic rings. The summed E-state index contributed by atoms with van der Waals surface area (Å²) < 4.78 is 13.1. The van der Waals surface area contributed by atoms with Gasteiger partial charge in [-0.15, -0.1) is 0 Å². The second-order valence-corrected chi connectivity index (χ2v) is 8.87. The van der Waals surface area contributed by atoms with Gasteiger partial charge in [-0.2, -0.15) is 5.06 Å². The molecule has 2 heterocycles. The number of nitrogens with zero attached hydrogens (tertiary/aromatic N) is 1. The Morgan fingerprint density at radius 2 is 1.79 bits per heavy atom. The van der Waals surface area contributed by atoms with Crippen LogP contribution in [-0.4, -0.2) is 40.3 Å². The number of piperidine rings is 1. The Bertz CT molecular complexity index is 497. The summed E-state index contributed by atoms with van der Waals surface area (Å²) in [6.45, 7) is 12.3. The fraction of sp³-hybridized carbons (Fsp3) is 0.900. The van der Waals surface area contributed by atoms with Gasteiger partial charge >= 0.3 is 0 Å². The van der Waals surface area contributed by atoms with Gasteiger partial charge in [0, 0.05) is 23.3 Å². The van der Waals surface area contributed by atoms with E-state index in [1.54, 1.807) is 5.06 Å². The molecule has 0 saturated carbocycles. The monoisotopic (exact) mass is 337 g/mol. The summed E-state index contributed by atoms with van der Waals surface area (Å²) in [5, 5.41) is 12.6. The highest BCUT2D eigenvalue weighted by Crippen LogP contribution is 2.54. The molecule has 3 unspecified atom stereocenters. The summed E-state index contributed by atoms with van der Waals surface area (Å²) >= 11 is 0. The van der Waals surface area contributed by atoms with E-state index in [2.05, 4.69) is 46.8 Å². The molecule has 1 N–H and O–H groups in total. The van der Waals surface area contributed by atoms with Gasteiger partial charge < -0.3 is 14.7 Å². The largest absolute Gasteiger partial charge is 0.349 e. The average molecular weight is 338 g/mol. The second-order valence-electron chi connectivity index (χ2n) is 8.87. The van der Waals surface area contributed by atoms with E-state index in [4.69, 9.17) is 9.47 Å². The molecule has 2 saturated heterocycles. The molecule has 0 aromatic heterocycles. The Morgan fingerprint density at radius 3 is 2.29 bits per heavy atom. The van der Waals surface area contributed by atoms with Gasteiger partial charge in [-0.1, -0.05) is 32.9 Å². The number of hydrogen-bond donors (Lipinski definition) is 1. The van der Waals surface area contributed by atoms with Gasteiger partial charge in [0.15, 0.2) is 5.79 Å². The van der Waals surface area contributed by atoms with Gasteiger partial charge in [0.25, 0.3) is 0 Å². The molecule has 0 radical (unpaired) electrons. The molecule has 3 atom stereocenters. The van der Waals surface area contributed by atoms with Crippen LogP contribution in [0.5, 0.6) is 0 Å². The Hall–Kier alpha value is -0.420. The molecule has 2 spiro atoms. The summed E-state index contributed by atoms with van der Waals surface area (Å²) in [5.74, 6) is -0.475. The highest BCUT2D eigenvalue weighted by atomic mass is 16.7. The van der Waals surface area contributed by atoms with Crippen molar-refractivity contribution in [3.8, 4) is 0 Å². The average Bonchev–Trinajstić information content (AvgIpc) is 2.62. The molecule has 2 fully saturated rings. The SMILES string of the molecule is CCC1(C)CC2(OCC3(CC=CCC3)CO2)C(C)C(C)(CC)N1O. The molecule has 24 heavy (non-hydrogen) atoms. The molecule has 2 aliphatic heterocycles. The zero-order chi connectivity index (χ0) is 17.6. The van der Waals surface area contributed by atoms with Crippen LogP contribution in [0.4, 0.5) is 0 Å². The van der Waals surface area contributed by atoms with E-state index in [0.29, 0.717) is 0 Å². The minimum absolute atomic E-state index is 0.108. The second kappa shape index (κ2) is 6.08. The van der Waals surface area contributed by atoms with Crippen LogP contribution in [0.25, 0.3) is 0 Å². The molecular weight excluding hydrogens is 302 g/mol. The lowest BCUT2D eigenvalue weighted by atomic mass is 9.66. The van der Waals surface area contributed by atoms with Crippen molar-refractivity contribution in [3.63, 3.8) is 0 Å². The molecule has 1 aliphatic carbocycles. The van der Waals surface area contributed by atoms with Crippen LogP contribution >= 0.6 is 0 Å². The summed E-state index contributed by atoms with van der Waals surface area (Å²) in [6.07, 6.45) is 10.3. The third kappa shape index (κ3) is 2.57. The van der Waals surface area contributed by atoms with Crippen LogP contribution in [-0.2, 0) is 9.47 Å². The van der Waals surface area contributed by atoms with Crippen molar-refractivity contribution in [1.29, 1.82) is 0 Å². The minimum atomic E-state index is -0.582. The Morgan fingerprint density at radius 1 is 1.12 bits per heavy atom. The Kier molecular flexibility index (Phi) is 4.66. The van der Waals surface area contributed by atoms with Crippen LogP contribution in [0.2, 0.25) is 0 Å². The lowest BCUT2D eigenvalue weighted by Gasteiger charge is -2.63. The van der Waals surface area contributed by atoms with Crippen molar-refractivity contribution in [3.05, 3.63) is 12.2 Å². The fourth-order valence-electron chi connectivity index (χ4n) is 4.95. The van der Waals surface area contributed by atoms with E-state index in [0.717, 1.165) is 51.7 Å². The maximum atomic E-state index is 11.0. The molecule has 4 nitrogen and oxygen atoms in total. The standard InChI is InChI=1S/C20H35NO3/c1-6-17(4)13-20(16(3)18(5,7-2)21(17)22)23-14-19(15-24-20)11-9-8-10-12-19/h8-9,16,22H,6-7,10-15H2,1-5H3. The Labute approximate surface area is 147 Å². The van der Waals surface area contributed by atoms with E-state index in [-0.39, 0.29) is 22.4 Å². The molecule has 3 rings (SSSR count). The number of hydrogen-bond acceptors (Lipinski definition) is 4. The van der Waals surface area contributed by atoms with Gasteiger partial charge in [-0.3, -0.25) is 0 Å². The third-order valence-electron chi connectivity index (χ3n) is 7.50. The quantitative estimate of drug-likeness (QED) is 0.752. The number of hydroxylamine groups is 2. The van der Waals surface area contributed by atoms with Crippen LogP contribution in [0.3, 0.4) is 0 Å². The van der Waals surface area contributed by atoms with Crippen molar-refractivity contribution in [2.24, 2.45) is 11.3 Å². The van der Waals surface area contributed by atoms with Crippen molar-refractivity contribution >= 4 is 0 Å². The first-order valence-electron chi connectivity index (χ1n) is 9.68. The minimum Gasteiger partial charge on any atom is -0.349 e. The molecule has 3 aliphatic rings. The van der Waals surface area contributed by atoms with E-state index < -0.39 is 5.79 Å². The van der Waals surface area contributed by atoms with Crippen molar-refractivity contribution in [2.75, 3.05) is 13.2 Å². The first-order chi connectivity index (χ1) is 11.3. The maximum absolute atomic E-state index is 11.0. The fourth-order valence-corrected chi connectivity index (χ4v) is 4.95. The number of ether oxygens (including phenoxy) is 2. The van der Waals surface area contributed by atoms with Crippen LogP contribution in [0.1, 0.15) is 73.1 Å². The predicted molar refractivity (Wildman–Crippen MR) is 94.9 cm³/mol. The number of allylic oxidation sites excluding steroid dienone is 2. The van der Waals surface area contributed by atoms with E-state index in [1.165, 1.54) is 0 Å². The normalized spacial score (nSPS) is 49.8. The summed E-state index contributed by atoms with van der Waals surface area (Å²) in [7, 11) is 0. The van der Waals surface area contributed by atoms with Crippen LogP contribution in [0, 0.1) is 11.3 Å². The van der Waals surface area contributed by atoms with Crippen LogP contribution in [0.15, 0.2) is 12.2 Å². The highest BCUT2D eigenvalue weighted by Gasteiger charge is 2.62. The van der Waals surface area contributed by atoms with E-state index in [9.17, 15) is 5.21 Å². The predicted octanol–water partition coefficient (Wildman–Crippen LogP) is 4.52. The first kappa shape index (κ1) is 18.4. The van der Waals surface area contributed by atoms with Crippen molar-refractivity contribution < 1.29 is 14.7 Å². The summed E-state index contributed by atoms with van der Waals surface area (Å²) in [5.41, 5.74) is -0.518. The molecule has 0 aromatic carbocycles. The van der Waals surface area contributed by atoms with Gasteiger partial charge in [-0.25, -0.2) is 0 Å². The lowest BCUT2D eigenvalue weighted by molar-refractivity contribution is -0.401. The zero-order valence-electron chi connectivity index (χ0n) is 16.1. The molecule has 0 bridgehead atoms. The highest BCUT2D eigenvalue weighted by molar-refractivity contribution is 5.09. The van der Waals surface area contributed by atoms with Crippen molar-refractivity contribution in [1.82, 2.24) is 5.06 Å². The third-order valence-corrected chi connectivity index (χ3v) is 7.50. The zero-order valence-corrected chi connectivity index (χ0v) is 16.1. The molecule has 0 amide bonds. The molecule has 4 heteroatoms. The van der Waals surface area contributed by atoms with E-state index in [1.807, 2.05) is 0 Å². The number of rotatable bonds is 2. The first-order valence-corrected chi connectivity index (χ1v) is 9.68. The molecular formula is C20H35NO3. The lowest BCUT2D eigenvalue weighted by Crippen LogP contribution is -2.73.